The number of nitrogens with one attached hydrogen (secondary N) is 5. The van der Waals surface area contributed by atoms with Crippen LogP contribution in [0.3, 0.4) is 0 Å². The number of hydrogen-bond acceptors (Lipinski definition) is 7. The van der Waals surface area contributed by atoms with Crippen LogP contribution in [-0.4, -0.2) is 80.2 Å². The molecule has 5 N–H and O–H groups in total. The van der Waals surface area contributed by atoms with Crippen LogP contribution in [-0.2, 0) is 29.1 Å². The largest absolute Gasteiger partial charge is 0.449 e. The minimum absolute atomic E-state index is 0.0350. The van der Waals surface area contributed by atoms with E-state index < -0.39 is 74.4 Å². The first-order valence-electron chi connectivity index (χ1n) is 21.3. The summed E-state index contributed by atoms with van der Waals surface area (Å²) in [6, 6.07) is 16.0. The van der Waals surface area contributed by atoms with Crippen molar-refractivity contribution in [1.82, 2.24) is 31.6 Å². The van der Waals surface area contributed by atoms with E-state index in [0.29, 0.717) is 0 Å². The molecule has 2 aliphatic rings. The van der Waals surface area contributed by atoms with Gasteiger partial charge in [-0.3, -0.25) is 19.2 Å². The van der Waals surface area contributed by atoms with Gasteiger partial charge >= 0.3 is 6.09 Å². The molecular weight excluding hydrogens is 761 g/mol. The molecule has 0 bridgehead atoms. The Morgan fingerprint density at radius 3 is 1.47 bits per heavy atom. The van der Waals surface area contributed by atoms with Crippen LogP contribution in [0.4, 0.5) is 4.79 Å². The van der Waals surface area contributed by atoms with Crippen molar-refractivity contribution in [2.24, 2.45) is 17.8 Å². The number of piperidine rings is 1. The quantitative estimate of drug-likeness (QED) is 0.148. The Labute approximate surface area is 357 Å². The second-order valence-electron chi connectivity index (χ2n) is 20.9. The molecule has 1 aliphatic carbocycles. The fraction of sp³-hybridized carbons (Fsp3) is 0.638. The van der Waals surface area contributed by atoms with Gasteiger partial charge in [0, 0.05) is 22.5 Å². The van der Waals surface area contributed by atoms with E-state index in [1.54, 1.807) is 76.2 Å². The van der Waals surface area contributed by atoms with E-state index in [2.05, 4.69) is 26.6 Å². The first-order chi connectivity index (χ1) is 27.4. The Morgan fingerprint density at radius 2 is 1.03 bits per heavy atom. The van der Waals surface area contributed by atoms with Crippen molar-refractivity contribution in [3.8, 4) is 11.1 Å². The first kappa shape index (κ1) is 48.2. The predicted octanol–water partition coefficient (Wildman–Crippen LogP) is 6.77. The Hall–Kier alpha value is -4.49. The van der Waals surface area contributed by atoms with E-state index in [0.717, 1.165) is 27.3 Å². The molecule has 331 valence electrons. The standard InChI is InChI=1S/C47H71N6O7/c1-28(2)44(14,36(54)48-41(7,8)9)49-37(55)45(15,29(3)4)50-39(57)47(26-42(10,11)53(59)43(12,13)27-47)51-38(56)46(16,30(5)6)52-40(58)60-25-35-33-23-19-17-21-31(33)32-22-18-20-24-34(32)35/h17-24,28-30,35H,25-27H2,1-16H3,(H,48,54)(H,49,55)(H,50,57)(H,51,56)(H,52,58)/t44-,45-,46-/m0/s1. The number of rotatable bonds is 13. The molecular formula is C47H71N6O7. The van der Waals surface area contributed by atoms with Crippen molar-refractivity contribution in [2.75, 3.05) is 6.61 Å². The molecule has 2 aromatic carbocycles. The molecule has 0 spiro atoms. The smallest absolute Gasteiger partial charge is 0.408 e. The number of amides is 5. The molecule has 0 saturated carbocycles. The van der Waals surface area contributed by atoms with Crippen molar-refractivity contribution in [3.63, 3.8) is 0 Å². The molecule has 1 fully saturated rings. The maximum absolute atomic E-state index is 15.1. The van der Waals surface area contributed by atoms with E-state index >= 15 is 4.79 Å². The Balaban J connectivity index is 1.66. The van der Waals surface area contributed by atoms with Crippen LogP contribution in [0, 0.1) is 17.8 Å². The molecule has 4 rings (SSSR count). The van der Waals surface area contributed by atoms with Crippen LogP contribution in [0.5, 0.6) is 0 Å². The highest BCUT2D eigenvalue weighted by molar-refractivity contribution is 6.01. The average Bonchev–Trinajstić information content (AvgIpc) is 3.44. The summed E-state index contributed by atoms with van der Waals surface area (Å²) in [5.74, 6) is -3.80. The SMILES string of the molecule is CC(C)[C@](C)(NC(=O)OCC1c2ccccc2-c2ccccc21)C(=O)NC1(C(=O)N[C@](C)(C(=O)N[C@](C)(C(=O)NC(C)(C)C)C(C)C)C(C)C)CC(C)(C)N([O])C(C)(C)C1. The molecule has 5 amide bonds. The van der Waals surface area contributed by atoms with Crippen molar-refractivity contribution < 1.29 is 33.9 Å². The molecule has 1 aliphatic heterocycles. The van der Waals surface area contributed by atoms with Crippen LogP contribution in [0.2, 0.25) is 0 Å². The maximum Gasteiger partial charge on any atom is 0.408 e. The van der Waals surface area contributed by atoms with Crippen molar-refractivity contribution >= 4 is 29.7 Å². The summed E-state index contributed by atoms with van der Waals surface area (Å²) >= 11 is 0. The highest BCUT2D eigenvalue weighted by Gasteiger charge is 2.60. The summed E-state index contributed by atoms with van der Waals surface area (Å²) in [6.45, 7) is 28.1. The van der Waals surface area contributed by atoms with Gasteiger partial charge < -0.3 is 31.3 Å². The number of fused-ring (bicyclic) bond motifs is 3. The highest BCUT2D eigenvalue weighted by atomic mass is 16.5. The minimum atomic E-state index is -1.73. The van der Waals surface area contributed by atoms with E-state index in [1.165, 1.54) is 0 Å². The summed E-state index contributed by atoms with van der Waals surface area (Å²) in [7, 11) is 0. The van der Waals surface area contributed by atoms with Gasteiger partial charge in [0.2, 0.25) is 23.6 Å². The van der Waals surface area contributed by atoms with Gasteiger partial charge in [-0.15, -0.1) is 10.3 Å². The van der Waals surface area contributed by atoms with Crippen LogP contribution < -0.4 is 26.6 Å². The number of benzene rings is 2. The molecule has 1 saturated heterocycles. The number of nitrogens with zero attached hydrogens (tertiary/aromatic N) is 1. The zero-order valence-electron chi connectivity index (χ0n) is 38.9. The summed E-state index contributed by atoms with van der Waals surface area (Å²) < 4.78 is 5.87. The monoisotopic (exact) mass is 832 g/mol. The number of carbonyl (C=O) groups excluding carboxylic acids is 5. The van der Waals surface area contributed by atoms with Gasteiger partial charge in [-0.2, -0.15) is 0 Å². The van der Waals surface area contributed by atoms with Crippen LogP contribution in [0.25, 0.3) is 11.1 Å². The van der Waals surface area contributed by atoms with Crippen LogP contribution >= 0.6 is 0 Å². The Bertz CT molecular complexity index is 1900. The van der Waals surface area contributed by atoms with Gasteiger partial charge in [-0.05, 0) is 122 Å². The first-order valence-corrected chi connectivity index (χ1v) is 21.3. The Morgan fingerprint density at radius 1 is 0.633 bits per heavy atom. The van der Waals surface area contributed by atoms with Gasteiger partial charge in [0.25, 0.3) is 0 Å². The lowest BCUT2D eigenvalue weighted by Crippen LogP contribution is -2.77. The summed E-state index contributed by atoms with van der Waals surface area (Å²) in [6.07, 6.45) is -1.03. The van der Waals surface area contributed by atoms with Crippen molar-refractivity contribution in [2.45, 2.75) is 168 Å². The predicted molar refractivity (Wildman–Crippen MR) is 233 cm³/mol. The number of carbonyl (C=O) groups is 5. The fourth-order valence-corrected chi connectivity index (χ4v) is 8.58. The van der Waals surface area contributed by atoms with Gasteiger partial charge in [0.05, 0.1) is 0 Å². The average molecular weight is 832 g/mol. The third-order valence-electron chi connectivity index (χ3n) is 13.2. The van der Waals surface area contributed by atoms with Gasteiger partial charge in [0.15, 0.2) is 0 Å². The lowest BCUT2D eigenvalue weighted by atomic mass is 9.68. The third kappa shape index (κ3) is 9.37. The molecule has 13 heteroatoms. The number of alkyl carbamates (subject to hydrolysis) is 1. The topological polar surface area (TPSA) is 178 Å². The molecule has 0 unspecified atom stereocenters. The summed E-state index contributed by atoms with van der Waals surface area (Å²) in [5.41, 5.74) is -4.88. The number of ether oxygens (including phenoxy) is 1. The lowest BCUT2D eigenvalue weighted by Gasteiger charge is -2.55. The second kappa shape index (κ2) is 16.8. The van der Waals surface area contributed by atoms with Gasteiger partial charge in [0.1, 0.15) is 28.8 Å². The molecule has 1 radical (unpaired) electrons. The zero-order chi connectivity index (χ0) is 45.6. The molecule has 60 heavy (non-hydrogen) atoms. The third-order valence-corrected chi connectivity index (χ3v) is 13.2. The summed E-state index contributed by atoms with van der Waals surface area (Å²) in [5, 5.41) is 29.5. The van der Waals surface area contributed by atoms with Crippen LogP contribution in [0.1, 0.15) is 141 Å². The fourth-order valence-electron chi connectivity index (χ4n) is 8.58. The van der Waals surface area contributed by atoms with Crippen molar-refractivity contribution in [3.05, 3.63) is 59.7 Å². The minimum Gasteiger partial charge on any atom is -0.449 e. The van der Waals surface area contributed by atoms with E-state index in [4.69, 9.17) is 4.74 Å². The molecule has 3 atom stereocenters. The molecule has 0 aromatic heterocycles. The van der Waals surface area contributed by atoms with E-state index in [1.807, 2.05) is 83.1 Å². The van der Waals surface area contributed by atoms with E-state index in [-0.39, 0.29) is 37.2 Å². The molecule has 13 nitrogen and oxygen atoms in total. The highest BCUT2D eigenvalue weighted by Crippen LogP contribution is 2.45. The number of hydroxylamine groups is 2. The van der Waals surface area contributed by atoms with Gasteiger partial charge in [-0.25, -0.2) is 4.79 Å². The van der Waals surface area contributed by atoms with Crippen molar-refractivity contribution in [1.29, 1.82) is 0 Å². The molecule has 1 heterocycles. The normalized spacial score (nSPS) is 20.1. The van der Waals surface area contributed by atoms with Gasteiger partial charge in [-0.1, -0.05) is 90.1 Å². The maximum atomic E-state index is 15.1. The Kier molecular flexibility index (Phi) is 13.5. The number of hydrogen-bond donors (Lipinski definition) is 5. The summed E-state index contributed by atoms with van der Waals surface area (Å²) in [4.78, 5) is 71.8. The zero-order valence-corrected chi connectivity index (χ0v) is 38.9. The molecule has 2 aromatic rings. The second-order valence-corrected chi connectivity index (χ2v) is 20.9. The van der Waals surface area contributed by atoms with E-state index in [9.17, 15) is 24.4 Å². The van der Waals surface area contributed by atoms with Crippen LogP contribution in [0.15, 0.2) is 48.5 Å². The lowest BCUT2D eigenvalue weighted by molar-refractivity contribution is -0.296.